The molecule has 0 amide bonds. The molecule has 0 heterocycles. The van der Waals surface area contributed by atoms with Crippen LogP contribution >= 0.6 is 0 Å². The molecule has 0 saturated carbocycles. The van der Waals surface area contributed by atoms with Gasteiger partial charge in [-0.15, -0.1) is 0 Å². The first-order valence-electron chi connectivity index (χ1n) is 10.4. The maximum atomic E-state index is 2.50. The molecule has 0 spiro atoms. The first kappa shape index (κ1) is 17.5. The lowest BCUT2D eigenvalue weighted by atomic mass is 9.79. The fourth-order valence-electron chi connectivity index (χ4n) is 4.42. The molecule has 3 rings (SSSR count). The number of aryl methyl sites for hydroxylation is 1. The largest absolute Gasteiger partial charge is 0.0654 e. The van der Waals surface area contributed by atoms with Crippen LogP contribution in [0.25, 0.3) is 10.8 Å². The second-order valence-electron chi connectivity index (χ2n) is 7.75. The number of fused-ring (bicyclic) bond motifs is 2. The molecule has 130 valence electrons. The third-order valence-electron chi connectivity index (χ3n) is 5.85. The molecule has 0 aliphatic heterocycles. The van der Waals surface area contributed by atoms with Crippen LogP contribution in [0, 0.1) is 0 Å². The van der Waals surface area contributed by atoms with E-state index in [1.807, 2.05) is 0 Å². The molecule has 1 aliphatic carbocycles. The summed E-state index contributed by atoms with van der Waals surface area (Å²) in [4.78, 5) is 0. The quantitative estimate of drug-likeness (QED) is 0.413. The molecule has 0 saturated heterocycles. The van der Waals surface area contributed by atoms with E-state index < -0.39 is 0 Å². The summed E-state index contributed by atoms with van der Waals surface area (Å²) >= 11 is 0. The highest BCUT2D eigenvalue weighted by molar-refractivity contribution is 5.84. The van der Waals surface area contributed by atoms with Gasteiger partial charge in [-0.25, -0.2) is 0 Å². The van der Waals surface area contributed by atoms with E-state index in [1.54, 1.807) is 11.1 Å². The smallest absolute Gasteiger partial charge is 0.0159 e. The lowest BCUT2D eigenvalue weighted by Crippen LogP contribution is -2.10. The van der Waals surface area contributed by atoms with Gasteiger partial charge in [0, 0.05) is 0 Å². The zero-order chi connectivity index (χ0) is 16.6. The van der Waals surface area contributed by atoms with Crippen LogP contribution in [-0.4, -0.2) is 0 Å². The van der Waals surface area contributed by atoms with Gasteiger partial charge < -0.3 is 0 Å². The molecule has 2 aromatic carbocycles. The Hall–Kier alpha value is -1.30. The minimum atomic E-state index is 0.818. The van der Waals surface area contributed by atoms with E-state index in [4.69, 9.17) is 0 Å². The number of rotatable bonds is 9. The fourth-order valence-corrected chi connectivity index (χ4v) is 4.42. The molecular weight excluding hydrogens is 288 g/mol. The van der Waals surface area contributed by atoms with Crippen molar-refractivity contribution in [2.24, 2.45) is 0 Å². The van der Waals surface area contributed by atoms with E-state index in [2.05, 4.69) is 43.3 Å². The van der Waals surface area contributed by atoms with Gasteiger partial charge in [0.1, 0.15) is 0 Å². The zero-order valence-corrected chi connectivity index (χ0v) is 15.5. The van der Waals surface area contributed by atoms with E-state index in [0.29, 0.717) is 0 Å². The number of unbranched alkanes of at least 4 members (excludes halogenated alkanes) is 7. The molecule has 1 atom stereocenters. The van der Waals surface area contributed by atoms with Crippen molar-refractivity contribution < 1.29 is 0 Å². The van der Waals surface area contributed by atoms with Crippen LogP contribution in [-0.2, 0) is 6.42 Å². The Morgan fingerprint density at radius 1 is 0.833 bits per heavy atom. The van der Waals surface area contributed by atoms with Gasteiger partial charge in [-0.3, -0.25) is 0 Å². The molecule has 0 aromatic heterocycles. The van der Waals surface area contributed by atoms with Crippen molar-refractivity contribution in [3.8, 4) is 0 Å². The Labute approximate surface area is 148 Å². The highest BCUT2D eigenvalue weighted by atomic mass is 14.2. The van der Waals surface area contributed by atoms with Gasteiger partial charge in [0.15, 0.2) is 0 Å². The van der Waals surface area contributed by atoms with Crippen LogP contribution in [0.2, 0.25) is 0 Å². The SMILES string of the molecule is CCCCCCCCCCC1CCCc2cc3ccccc3cc21. The summed E-state index contributed by atoms with van der Waals surface area (Å²) in [7, 11) is 0. The van der Waals surface area contributed by atoms with Gasteiger partial charge in [0.2, 0.25) is 0 Å². The predicted octanol–water partition coefficient (Wildman–Crippen LogP) is 7.79. The second-order valence-corrected chi connectivity index (χ2v) is 7.75. The molecule has 0 radical (unpaired) electrons. The van der Waals surface area contributed by atoms with Crippen molar-refractivity contribution in [3.63, 3.8) is 0 Å². The lowest BCUT2D eigenvalue weighted by Gasteiger charge is -2.26. The van der Waals surface area contributed by atoms with Crippen molar-refractivity contribution in [3.05, 3.63) is 47.5 Å². The molecule has 2 aromatic rings. The van der Waals surface area contributed by atoms with Gasteiger partial charge in [-0.2, -0.15) is 0 Å². The molecule has 0 nitrogen and oxygen atoms in total. The van der Waals surface area contributed by atoms with E-state index in [0.717, 1.165) is 5.92 Å². The Morgan fingerprint density at radius 3 is 2.25 bits per heavy atom. The number of benzene rings is 2. The van der Waals surface area contributed by atoms with Crippen molar-refractivity contribution in [1.29, 1.82) is 0 Å². The van der Waals surface area contributed by atoms with E-state index >= 15 is 0 Å². The van der Waals surface area contributed by atoms with Crippen LogP contribution in [0.4, 0.5) is 0 Å². The van der Waals surface area contributed by atoms with Crippen molar-refractivity contribution in [1.82, 2.24) is 0 Å². The molecule has 1 aliphatic rings. The lowest BCUT2D eigenvalue weighted by molar-refractivity contribution is 0.482. The Bertz CT molecular complexity index is 625. The molecule has 1 unspecified atom stereocenters. The first-order chi connectivity index (χ1) is 11.9. The summed E-state index contributed by atoms with van der Waals surface area (Å²) in [6.07, 6.45) is 16.9. The van der Waals surface area contributed by atoms with Crippen LogP contribution in [0.15, 0.2) is 36.4 Å². The maximum absolute atomic E-state index is 2.50. The Balaban J connectivity index is 1.50. The highest BCUT2D eigenvalue weighted by Gasteiger charge is 2.20. The molecule has 0 fully saturated rings. The summed E-state index contributed by atoms with van der Waals surface area (Å²) in [6, 6.07) is 13.8. The van der Waals surface area contributed by atoms with Gasteiger partial charge in [-0.1, -0.05) is 94.7 Å². The third kappa shape index (κ3) is 4.62. The van der Waals surface area contributed by atoms with Crippen LogP contribution in [0.5, 0.6) is 0 Å². The monoisotopic (exact) mass is 322 g/mol. The predicted molar refractivity (Wildman–Crippen MR) is 107 cm³/mol. The summed E-state index contributed by atoms with van der Waals surface area (Å²) in [5.74, 6) is 0.818. The molecular formula is C24H34. The minimum Gasteiger partial charge on any atom is -0.0654 e. The van der Waals surface area contributed by atoms with Gasteiger partial charge in [0.25, 0.3) is 0 Å². The highest BCUT2D eigenvalue weighted by Crippen LogP contribution is 2.37. The summed E-state index contributed by atoms with van der Waals surface area (Å²) < 4.78 is 0. The van der Waals surface area contributed by atoms with Gasteiger partial charge in [0.05, 0.1) is 0 Å². The van der Waals surface area contributed by atoms with E-state index in [9.17, 15) is 0 Å². The summed E-state index contributed by atoms with van der Waals surface area (Å²) in [5.41, 5.74) is 3.30. The standard InChI is InChI=1S/C24H34/c1-2-3-4-5-6-7-8-9-13-20-16-12-17-23-18-21-14-10-11-15-22(21)19-24(20)23/h10-11,14-15,18-20H,2-9,12-13,16-17H2,1H3. The average Bonchev–Trinajstić information content (AvgIpc) is 2.62. The summed E-state index contributed by atoms with van der Waals surface area (Å²) in [6.45, 7) is 2.30. The van der Waals surface area contributed by atoms with Gasteiger partial charge in [-0.05, 0) is 53.5 Å². The molecule has 0 heteroatoms. The molecule has 24 heavy (non-hydrogen) atoms. The van der Waals surface area contributed by atoms with Crippen molar-refractivity contribution >= 4 is 10.8 Å². The second kappa shape index (κ2) is 9.25. The van der Waals surface area contributed by atoms with Crippen LogP contribution in [0.1, 0.15) is 94.6 Å². The zero-order valence-electron chi connectivity index (χ0n) is 15.5. The van der Waals surface area contributed by atoms with Crippen molar-refractivity contribution in [2.45, 2.75) is 89.9 Å². The van der Waals surface area contributed by atoms with E-state index in [1.165, 1.54) is 87.8 Å². The third-order valence-corrected chi connectivity index (χ3v) is 5.85. The molecule has 0 bridgehead atoms. The van der Waals surface area contributed by atoms with E-state index in [-0.39, 0.29) is 0 Å². The first-order valence-corrected chi connectivity index (χ1v) is 10.4. The topological polar surface area (TPSA) is 0 Å². The number of hydrogen-bond donors (Lipinski definition) is 0. The average molecular weight is 323 g/mol. The Kier molecular flexibility index (Phi) is 6.75. The Morgan fingerprint density at radius 2 is 1.50 bits per heavy atom. The molecule has 0 N–H and O–H groups in total. The summed E-state index contributed by atoms with van der Waals surface area (Å²) in [5, 5.41) is 2.85. The van der Waals surface area contributed by atoms with Crippen molar-refractivity contribution in [2.75, 3.05) is 0 Å². The van der Waals surface area contributed by atoms with Crippen LogP contribution in [0.3, 0.4) is 0 Å². The normalized spacial score (nSPS) is 17.1. The van der Waals surface area contributed by atoms with Gasteiger partial charge >= 0.3 is 0 Å². The minimum absolute atomic E-state index is 0.818. The fraction of sp³-hybridized carbons (Fsp3) is 0.583. The maximum Gasteiger partial charge on any atom is -0.0159 e. The van der Waals surface area contributed by atoms with Crippen LogP contribution < -0.4 is 0 Å². The number of hydrogen-bond acceptors (Lipinski definition) is 0.